The molecule has 0 saturated heterocycles. The van der Waals surface area contributed by atoms with Crippen LogP contribution in [0, 0.1) is 11.8 Å². The Labute approximate surface area is 113 Å². The molecule has 1 aliphatic heterocycles. The van der Waals surface area contributed by atoms with Crippen molar-refractivity contribution in [2.45, 2.75) is 26.2 Å². The van der Waals surface area contributed by atoms with E-state index in [9.17, 15) is 4.79 Å². The molecule has 1 atom stereocenters. The summed E-state index contributed by atoms with van der Waals surface area (Å²) in [6, 6.07) is 5.93. The lowest BCUT2D eigenvalue weighted by atomic mass is 10.1. The van der Waals surface area contributed by atoms with Gasteiger partial charge in [0.15, 0.2) is 11.5 Å². The normalized spacial score (nSPS) is 18.2. The highest BCUT2D eigenvalue weighted by Crippen LogP contribution is 2.36. The lowest BCUT2D eigenvalue weighted by Gasteiger charge is -2.11. The summed E-state index contributed by atoms with van der Waals surface area (Å²) in [6.45, 7) is 3.00. The quantitative estimate of drug-likeness (QED) is 0.883. The molecular formula is C15H19NO3. The first-order valence-electron chi connectivity index (χ1n) is 6.90. The highest BCUT2D eigenvalue weighted by molar-refractivity contribution is 5.78. The lowest BCUT2D eigenvalue weighted by molar-refractivity contribution is -0.125. The molecular weight excluding hydrogens is 242 g/mol. The van der Waals surface area contributed by atoms with E-state index in [1.54, 1.807) is 0 Å². The van der Waals surface area contributed by atoms with Gasteiger partial charge in [0.1, 0.15) is 0 Å². The zero-order valence-corrected chi connectivity index (χ0v) is 11.1. The van der Waals surface area contributed by atoms with Gasteiger partial charge in [-0.15, -0.1) is 0 Å². The summed E-state index contributed by atoms with van der Waals surface area (Å²) in [4.78, 5) is 11.8. The second kappa shape index (κ2) is 5.11. The standard InChI is InChI=1S/C15H19NO3/c1-10(12-3-4-12)15(17)16-7-6-11-2-5-13-14(8-11)19-9-18-13/h2,5,8,10,12H,3-4,6-7,9H2,1H3,(H,16,17). The summed E-state index contributed by atoms with van der Waals surface area (Å²) in [5.74, 6) is 2.57. The van der Waals surface area contributed by atoms with E-state index in [1.165, 1.54) is 12.8 Å². The highest BCUT2D eigenvalue weighted by Gasteiger charge is 2.32. The van der Waals surface area contributed by atoms with Crippen LogP contribution >= 0.6 is 0 Å². The lowest BCUT2D eigenvalue weighted by Crippen LogP contribution is -2.31. The fraction of sp³-hybridized carbons (Fsp3) is 0.533. The Hall–Kier alpha value is -1.71. The van der Waals surface area contributed by atoms with Crippen molar-refractivity contribution in [2.24, 2.45) is 11.8 Å². The van der Waals surface area contributed by atoms with E-state index in [4.69, 9.17) is 9.47 Å². The van der Waals surface area contributed by atoms with Gasteiger partial charge in [0, 0.05) is 12.5 Å². The molecule has 1 aromatic carbocycles. The Morgan fingerprint density at radius 2 is 2.16 bits per heavy atom. The van der Waals surface area contributed by atoms with Crippen LogP contribution in [-0.2, 0) is 11.2 Å². The van der Waals surface area contributed by atoms with Crippen LogP contribution in [0.3, 0.4) is 0 Å². The average Bonchev–Trinajstić information content (AvgIpc) is 3.16. The number of nitrogens with one attached hydrogen (secondary N) is 1. The van der Waals surface area contributed by atoms with Gasteiger partial charge in [-0.2, -0.15) is 0 Å². The van der Waals surface area contributed by atoms with Crippen molar-refractivity contribution in [2.75, 3.05) is 13.3 Å². The molecule has 1 aromatic rings. The Bertz CT molecular complexity index is 482. The maximum absolute atomic E-state index is 11.8. The van der Waals surface area contributed by atoms with Crippen LogP contribution in [0.4, 0.5) is 0 Å². The van der Waals surface area contributed by atoms with Crippen LogP contribution in [0.25, 0.3) is 0 Å². The molecule has 1 aliphatic carbocycles. The van der Waals surface area contributed by atoms with Gasteiger partial charge in [-0.1, -0.05) is 13.0 Å². The number of carbonyl (C=O) groups excluding carboxylic acids is 1. The predicted octanol–water partition coefficient (Wildman–Crippen LogP) is 2.12. The topological polar surface area (TPSA) is 47.6 Å². The number of fused-ring (bicyclic) bond motifs is 1. The predicted molar refractivity (Wildman–Crippen MR) is 71.2 cm³/mol. The molecule has 4 heteroatoms. The maximum atomic E-state index is 11.8. The molecule has 102 valence electrons. The number of carbonyl (C=O) groups is 1. The van der Waals surface area contributed by atoms with Gasteiger partial charge < -0.3 is 14.8 Å². The Balaban J connectivity index is 1.48. The van der Waals surface area contributed by atoms with E-state index in [-0.39, 0.29) is 11.8 Å². The second-order valence-electron chi connectivity index (χ2n) is 5.35. The Kier molecular flexibility index (Phi) is 3.32. The van der Waals surface area contributed by atoms with E-state index < -0.39 is 0 Å². The Morgan fingerprint density at radius 3 is 2.95 bits per heavy atom. The number of hydrogen-bond donors (Lipinski definition) is 1. The monoisotopic (exact) mass is 261 g/mol. The first kappa shape index (κ1) is 12.3. The molecule has 0 aromatic heterocycles. The molecule has 1 amide bonds. The van der Waals surface area contributed by atoms with Crippen molar-refractivity contribution in [3.05, 3.63) is 23.8 Å². The molecule has 0 radical (unpaired) electrons. The minimum absolute atomic E-state index is 0.164. The Morgan fingerprint density at radius 1 is 1.37 bits per heavy atom. The number of amides is 1. The molecule has 0 spiro atoms. The van der Waals surface area contributed by atoms with Crippen LogP contribution in [0.1, 0.15) is 25.3 Å². The molecule has 19 heavy (non-hydrogen) atoms. The smallest absolute Gasteiger partial charge is 0.231 e. The van der Waals surface area contributed by atoms with Crippen LogP contribution in [0.5, 0.6) is 11.5 Å². The van der Waals surface area contributed by atoms with Gasteiger partial charge in [-0.3, -0.25) is 4.79 Å². The van der Waals surface area contributed by atoms with Crippen molar-refractivity contribution >= 4 is 5.91 Å². The zero-order chi connectivity index (χ0) is 13.2. The SMILES string of the molecule is CC(C(=O)NCCc1ccc2c(c1)OCO2)C1CC1. The van der Waals surface area contributed by atoms with Crippen molar-refractivity contribution < 1.29 is 14.3 Å². The largest absolute Gasteiger partial charge is 0.454 e. The average molecular weight is 261 g/mol. The van der Waals surface area contributed by atoms with Gasteiger partial charge in [-0.25, -0.2) is 0 Å². The van der Waals surface area contributed by atoms with Crippen LogP contribution in [0.2, 0.25) is 0 Å². The highest BCUT2D eigenvalue weighted by atomic mass is 16.7. The third kappa shape index (κ3) is 2.83. The van der Waals surface area contributed by atoms with Crippen LogP contribution in [0.15, 0.2) is 18.2 Å². The summed E-state index contributed by atoms with van der Waals surface area (Å²) in [6.07, 6.45) is 3.23. The van der Waals surface area contributed by atoms with E-state index >= 15 is 0 Å². The molecule has 1 fully saturated rings. The molecule has 0 bridgehead atoms. The summed E-state index contributed by atoms with van der Waals surface area (Å²) in [5.41, 5.74) is 1.16. The first-order chi connectivity index (χ1) is 9.24. The van der Waals surface area contributed by atoms with Gasteiger partial charge in [0.05, 0.1) is 0 Å². The van der Waals surface area contributed by atoms with Gasteiger partial charge in [0.25, 0.3) is 0 Å². The van der Waals surface area contributed by atoms with Gasteiger partial charge >= 0.3 is 0 Å². The molecule has 2 aliphatic rings. The number of benzene rings is 1. The maximum Gasteiger partial charge on any atom is 0.231 e. The molecule has 1 N–H and O–H groups in total. The fourth-order valence-corrected chi connectivity index (χ4v) is 2.40. The van der Waals surface area contributed by atoms with Crippen LogP contribution in [-0.4, -0.2) is 19.2 Å². The summed E-state index contributed by atoms with van der Waals surface area (Å²) in [7, 11) is 0. The molecule has 3 rings (SSSR count). The molecule has 4 nitrogen and oxygen atoms in total. The number of hydrogen-bond acceptors (Lipinski definition) is 3. The van der Waals surface area contributed by atoms with Crippen molar-refractivity contribution in [3.63, 3.8) is 0 Å². The minimum atomic E-state index is 0.164. The van der Waals surface area contributed by atoms with E-state index in [1.807, 2.05) is 25.1 Å². The van der Waals surface area contributed by atoms with Gasteiger partial charge in [-0.05, 0) is 42.9 Å². The van der Waals surface area contributed by atoms with Crippen molar-refractivity contribution in [1.82, 2.24) is 5.32 Å². The summed E-state index contributed by atoms with van der Waals surface area (Å²) < 4.78 is 10.6. The van der Waals surface area contributed by atoms with E-state index in [2.05, 4.69) is 5.32 Å². The molecule has 1 unspecified atom stereocenters. The van der Waals surface area contributed by atoms with Crippen molar-refractivity contribution in [3.8, 4) is 11.5 Å². The zero-order valence-electron chi connectivity index (χ0n) is 11.1. The van der Waals surface area contributed by atoms with E-state index in [0.717, 1.165) is 23.5 Å². The van der Waals surface area contributed by atoms with Gasteiger partial charge in [0.2, 0.25) is 12.7 Å². The third-order valence-electron chi connectivity index (χ3n) is 3.89. The number of ether oxygens (including phenoxy) is 2. The molecule has 1 saturated carbocycles. The summed E-state index contributed by atoms with van der Waals surface area (Å²) in [5, 5.41) is 3.01. The second-order valence-corrected chi connectivity index (χ2v) is 5.35. The molecule has 1 heterocycles. The minimum Gasteiger partial charge on any atom is -0.454 e. The summed E-state index contributed by atoms with van der Waals surface area (Å²) >= 11 is 0. The van der Waals surface area contributed by atoms with Crippen LogP contribution < -0.4 is 14.8 Å². The number of rotatable bonds is 5. The fourth-order valence-electron chi connectivity index (χ4n) is 2.40. The first-order valence-corrected chi connectivity index (χ1v) is 6.90. The van der Waals surface area contributed by atoms with Crippen molar-refractivity contribution in [1.29, 1.82) is 0 Å². The van der Waals surface area contributed by atoms with E-state index in [0.29, 0.717) is 19.3 Å². The third-order valence-corrected chi connectivity index (χ3v) is 3.89.